The number of ether oxygens (including phenoxy) is 1. The number of carbonyl (C=O) groups is 2. The van der Waals surface area contributed by atoms with E-state index in [2.05, 4.69) is 28.6 Å². The number of nitrogens with one attached hydrogen (secondary N) is 2. The van der Waals surface area contributed by atoms with E-state index in [-0.39, 0.29) is 36.5 Å². The summed E-state index contributed by atoms with van der Waals surface area (Å²) in [6.07, 6.45) is 12.5. The van der Waals surface area contributed by atoms with Crippen molar-refractivity contribution < 1.29 is 34.8 Å². The summed E-state index contributed by atoms with van der Waals surface area (Å²) in [5.74, 6) is 7.93. The number of hydrogen-bond donors (Lipinski definition) is 7. The average Bonchev–Trinajstić information content (AvgIpc) is 3.18. The van der Waals surface area contributed by atoms with Gasteiger partial charge in [-0.25, -0.2) is 0 Å². The molecule has 0 amide bonds. The van der Waals surface area contributed by atoms with Crippen LogP contribution in [-0.4, -0.2) is 77.0 Å². The predicted octanol–water partition coefficient (Wildman–Crippen LogP) is 4.14. The molecular weight excluding hydrogens is 646 g/mol. The summed E-state index contributed by atoms with van der Waals surface area (Å²) in [5.41, 5.74) is 8.69. The lowest BCUT2D eigenvalue weighted by atomic mass is 9.70. The lowest BCUT2D eigenvalue weighted by molar-refractivity contribution is -0.124. The number of aliphatic hydroxyl groups excluding tert-OH is 3. The van der Waals surface area contributed by atoms with Crippen LogP contribution >= 0.6 is 0 Å². The van der Waals surface area contributed by atoms with Crippen LogP contribution in [0.4, 0.5) is 0 Å². The Kier molecular flexibility index (Phi) is 14.4. The third-order valence-electron chi connectivity index (χ3n) is 11.7. The molecule has 0 spiro atoms. The molecule has 1 aromatic rings. The number of allylic oxidation sites excluding steroid dienone is 2. The van der Waals surface area contributed by atoms with E-state index in [0.717, 1.165) is 61.8 Å². The first-order chi connectivity index (χ1) is 24.6. The molecule has 51 heavy (non-hydrogen) atoms. The van der Waals surface area contributed by atoms with E-state index in [0.29, 0.717) is 93.0 Å². The number of aliphatic hydroxyl groups is 3. The van der Waals surface area contributed by atoms with Crippen molar-refractivity contribution in [1.29, 1.82) is 0 Å². The normalized spacial score (nSPS) is 26.7. The number of methoxy groups -OCH3 is 1. The maximum absolute atomic E-state index is 13.6. The standard InChI is InChI=1S/C41H59N3O7/c1-51-40-22-29-11-16-38(49)34(15-10-28(35(29)24-39(40)50)8-13-32(46)12-7-26-17-18-43-41(42)20-26)37(48)6-2-4-27(5-3-19-45)31-21-30-9-14-33(47)23-36(30)44-25-31/h17,20,22,24,27-28,30-32,34,36-37,43-46,48,50H,2-9,11-14,16,18-19,21,23,25,42H2,1H3/t27-,28-,30-,31+,32-,34-,36-,37-/m1/s1. The predicted molar refractivity (Wildman–Crippen MR) is 197 cm³/mol. The highest BCUT2D eigenvalue weighted by atomic mass is 16.5. The van der Waals surface area contributed by atoms with Crippen LogP contribution in [0.5, 0.6) is 11.5 Å². The maximum atomic E-state index is 13.6. The molecular formula is C41H59N3O7. The maximum Gasteiger partial charge on any atom is 0.160 e. The molecule has 2 aliphatic heterocycles. The summed E-state index contributed by atoms with van der Waals surface area (Å²) in [7, 11) is 1.50. The number of dihydropyridines is 1. The number of aromatic hydroxyl groups is 1. The molecule has 2 aliphatic carbocycles. The summed E-state index contributed by atoms with van der Waals surface area (Å²) < 4.78 is 5.39. The molecule has 2 fully saturated rings. The minimum absolute atomic E-state index is 0.00407. The van der Waals surface area contributed by atoms with Crippen molar-refractivity contribution in [3.8, 4) is 23.3 Å². The SMILES string of the molecule is COc1cc2c(cc1O)[C@H](CC[C@H](O)CCC1=CCNC(N)=C1)C#C[C@H]([C@H](O)CCC[C@H](CCCO)[C@@H]1CN[C@@H]3CC(=O)CC[C@@H]3C1)C(=O)CC2. The summed E-state index contributed by atoms with van der Waals surface area (Å²) in [6, 6.07) is 3.74. The number of benzene rings is 1. The zero-order valence-corrected chi connectivity index (χ0v) is 30.2. The topological polar surface area (TPSA) is 174 Å². The van der Waals surface area contributed by atoms with Gasteiger partial charge in [-0.2, -0.15) is 0 Å². The molecule has 1 saturated carbocycles. The van der Waals surface area contributed by atoms with Crippen LogP contribution in [0.15, 0.2) is 35.7 Å². The molecule has 280 valence electrons. The molecule has 8 N–H and O–H groups in total. The summed E-state index contributed by atoms with van der Waals surface area (Å²) in [4.78, 5) is 25.6. The minimum Gasteiger partial charge on any atom is -0.504 e. The fourth-order valence-corrected chi connectivity index (χ4v) is 8.69. The highest BCUT2D eigenvalue weighted by Crippen LogP contribution is 2.39. The largest absolute Gasteiger partial charge is 0.504 e. The number of rotatable bonds is 16. The second-order valence-corrected chi connectivity index (χ2v) is 15.2. The first-order valence-corrected chi connectivity index (χ1v) is 19.2. The lowest BCUT2D eigenvalue weighted by Crippen LogP contribution is -2.50. The number of Topliss-reactive ketones (excluding diaryl/α,β-unsaturated/α-hetero) is 2. The van der Waals surface area contributed by atoms with E-state index in [1.54, 1.807) is 12.1 Å². The molecule has 0 radical (unpaired) electrons. The van der Waals surface area contributed by atoms with Crippen LogP contribution in [0.3, 0.4) is 0 Å². The van der Waals surface area contributed by atoms with E-state index in [1.807, 2.05) is 6.08 Å². The van der Waals surface area contributed by atoms with E-state index in [9.17, 15) is 30.0 Å². The van der Waals surface area contributed by atoms with E-state index in [4.69, 9.17) is 10.5 Å². The first kappa shape index (κ1) is 38.9. The number of hydrogen-bond acceptors (Lipinski definition) is 10. The van der Waals surface area contributed by atoms with Crippen LogP contribution in [0.1, 0.15) is 107 Å². The Hall–Kier alpha value is -3.36. The van der Waals surface area contributed by atoms with E-state index >= 15 is 0 Å². The third-order valence-corrected chi connectivity index (χ3v) is 11.7. The van der Waals surface area contributed by atoms with Gasteiger partial charge < -0.3 is 41.5 Å². The molecule has 1 aromatic carbocycles. The molecule has 0 bridgehead atoms. The second-order valence-electron chi connectivity index (χ2n) is 15.2. The third kappa shape index (κ3) is 10.8. The molecule has 1 saturated heterocycles. The van der Waals surface area contributed by atoms with Crippen molar-refractivity contribution in [2.45, 2.75) is 120 Å². The Balaban J connectivity index is 1.24. The van der Waals surface area contributed by atoms with Crippen molar-refractivity contribution in [1.82, 2.24) is 10.6 Å². The number of ketones is 2. The highest BCUT2D eigenvalue weighted by molar-refractivity contribution is 5.85. The van der Waals surface area contributed by atoms with Crippen molar-refractivity contribution in [2.75, 3.05) is 26.8 Å². The van der Waals surface area contributed by atoms with Gasteiger partial charge >= 0.3 is 0 Å². The van der Waals surface area contributed by atoms with Gasteiger partial charge in [0.25, 0.3) is 0 Å². The van der Waals surface area contributed by atoms with Crippen molar-refractivity contribution >= 4 is 11.6 Å². The molecule has 2 heterocycles. The van der Waals surface area contributed by atoms with Crippen LogP contribution in [-0.2, 0) is 16.0 Å². The van der Waals surface area contributed by atoms with Crippen LogP contribution in [0, 0.1) is 35.5 Å². The quantitative estimate of drug-likeness (QED) is 0.124. The average molecular weight is 706 g/mol. The van der Waals surface area contributed by atoms with E-state index < -0.39 is 18.1 Å². The molecule has 5 rings (SSSR count). The summed E-state index contributed by atoms with van der Waals surface area (Å²) >= 11 is 0. The lowest BCUT2D eigenvalue weighted by Gasteiger charge is -2.42. The molecule has 10 nitrogen and oxygen atoms in total. The molecule has 8 atom stereocenters. The van der Waals surface area contributed by atoms with Crippen molar-refractivity contribution in [3.63, 3.8) is 0 Å². The molecule has 4 aliphatic rings. The number of nitrogens with two attached hydrogens (primary N) is 1. The Morgan fingerprint density at radius 3 is 2.65 bits per heavy atom. The summed E-state index contributed by atoms with van der Waals surface area (Å²) in [6.45, 7) is 1.70. The van der Waals surface area contributed by atoms with Crippen molar-refractivity contribution in [3.05, 3.63) is 46.8 Å². The number of piperidine rings is 1. The number of aryl methyl sites for hydroxylation is 1. The zero-order valence-electron chi connectivity index (χ0n) is 30.2. The van der Waals surface area contributed by atoms with Gasteiger partial charge in [-0.1, -0.05) is 30.8 Å². The van der Waals surface area contributed by atoms with Gasteiger partial charge in [0.05, 0.1) is 25.1 Å². The van der Waals surface area contributed by atoms with Gasteiger partial charge in [-0.15, -0.1) is 0 Å². The number of carbonyl (C=O) groups excluding carboxylic acids is 2. The van der Waals surface area contributed by atoms with Gasteiger partial charge in [0.15, 0.2) is 17.3 Å². The molecule has 10 heteroatoms. The van der Waals surface area contributed by atoms with Gasteiger partial charge in [-0.05, 0) is 123 Å². The molecule has 0 unspecified atom stereocenters. The Labute approximate surface area is 303 Å². The van der Waals surface area contributed by atoms with Crippen LogP contribution in [0.2, 0.25) is 0 Å². The fraction of sp³-hybridized carbons (Fsp3) is 0.659. The Morgan fingerprint density at radius 2 is 1.86 bits per heavy atom. The van der Waals surface area contributed by atoms with Gasteiger partial charge in [0.1, 0.15) is 11.7 Å². The smallest absolute Gasteiger partial charge is 0.160 e. The second kappa shape index (κ2) is 18.9. The van der Waals surface area contributed by atoms with Gasteiger partial charge in [-0.3, -0.25) is 9.59 Å². The number of fused-ring (bicyclic) bond motifs is 2. The van der Waals surface area contributed by atoms with E-state index in [1.165, 1.54) is 7.11 Å². The summed E-state index contributed by atoms with van der Waals surface area (Å²) in [5, 5.41) is 49.4. The number of phenols is 1. The van der Waals surface area contributed by atoms with Crippen LogP contribution < -0.4 is 21.1 Å². The minimum atomic E-state index is -0.907. The number of phenolic OH excluding ortho intramolecular Hbond substituents is 1. The Bertz CT molecular complexity index is 1480. The van der Waals surface area contributed by atoms with Crippen LogP contribution in [0.25, 0.3) is 0 Å². The Morgan fingerprint density at radius 1 is 1.04 bits per heavy atom. The monoisotopic (exact) mass is 705 g/mol. The highest BCUT2D eigenvalue weighted by Gasteiger charge is 2.37. The van der Waals surface area contributed by atoms with Gasteiger partial charge in [0.2, 0.25) is 0 Å². The zero-order chi connectivity index (χ0) is 36.3. The first-order valence-electron chi connectivity index (χ1n) is 19.2. The fourth-order valence-electron chi connectivity index (χ4n) is 8.69. The molecule has 0 aromatic heterocycles. The van der Waals surface area contributed by atoms with Crippen molar-refractivity contribution in [2.24, 2.45) is 29.4 Å². The van der Waals surface area contributed by atoms with Gasteiger partial charge in [0, 0.05) is 44.4 Å².